The van der Waals surface area contributed by atoms with Crippen LogP contribution >= 0.6 is 0 Å². The lowest BCUT2D eigenvalue weighted by molar-refractivity contribution is -0.490. The molecule has 0 aromatic carbocycles. The van der Waals surface area contributed by atoms with Gasteiger partial charge in [0, 0.05) is 0 Å². The fourth-order valence-corrected chi connectivity index (χ4v) is 9.21. The van der Waals surface area contributed by atoms with Crippen LogP contribution in [0.3, 0.4) is 0 Å². The molecule has 0 radical (unpaired) electrons. The number of aliphatic hydroxyl groups excluding tert-OH is 17. The first-order chi connectivity index (χ1) is 34.4. The average Bonchev–Trinajstić information content (AvgIpc) is 3.36. The van der Waals surface area contributed by atoms with Crippen molar-refractivity contribution in [1.82, 2.24) is 0 Å². The number of ether oxygens (including phenoxy) is 15. The third-order valence-corrected chi connectivity index (χ3v) is 13.5. The molecule has 0 amide bonds. The van der Waals surface area contributed by atoms with Gasteiger partial charge in [-0.15, -0.1) is 0 Å². The van der Waals surface area contributed by atoms with Crippen molar-refractivity contribution in [1.29, 1.82) is 0 Å². The molecule has 31 atom stereocenters. The Morgan fingerprint density at radius 1 is 0.301 bits per heavy atom. The minimum atomic E-state index is -3.09. The maximum Gasteiger partial charge on any atom is 0.274 e. The van der Waals surface area contributed by atoms with Gasteiger partial charge in [-0.2, -0.15) is 0 Å². The largest absolute Gasteiger partial charge is 0.394 e. The molecule has 424 valence electrons. The fraction of sp³-hybridized carbons (Fsp3) is 1.00. The minimum absolute atomic E-state index is 1.02. The second kappa shape index (κ2) is 22.8. The van der Waals surface area contributed by atoms with E-state index in [2.05, 4.69) is 0 Å². The molecule has 1 unspecified atom stereocenters. The summed E-state index contributed by atoms with van der Waals surface area (Å²) in [5.41, 5.74) is 0. The number of hydrogen-bond donors (Lipinski definition) is 20. The summed E-state index contributed by atoms with van der Waals surface area (Å²) in [7, 11) is 0. The van der Waals surface area contributed by atoms with Crippen molar-refractivity contribution in [2.45, 2.75) is 190 Å². The highest BCUT2D eigenvalue weighted by Gasteiger charge is 2.61. The lowest BCUT2D eigenvalue weighted by Gasteiger charge is -2.50. The van der Waals surface area contributed by atoms with Crippen molar-refractivity contribution < 1.29 is 173 Å². The molecule has 0 spiro atoms. The molecule has 21 aliphatic heterocycles. The highest BCUT2D eigenvalue weighted by molar-refractivity contribution is 5.00. The van der Waals surface area contributed by atoms with Crippen LogP contribution in [0.2, 0.25) is 0 Å². The van der Waals surface area contributed by atoms with Gasteiger partial charge in [-0.3, -0.25) is 4.74 Å². The highest BCUT2D eigenvalue weighted by atomic mass is 16.9. The Bertz CT molecular complexity index is 1790. The molecule has 20 N–H and O–H groups in total. The quantitative estimate of drug-likeness (QED) is 0.124. The molecular weight excluding hydrogens is 1020 g/mol. The molecular formula is C38H62O35. The zero-order valence-electron chi connectivity index (χ0n) is 37.7. The third-order valence-electron chi connectivity index (χ3n) is 13.5. The molecule has 0 aliphatic carbocycles. The summed E-state index contributed by atoms with van der Waals surface area (Å²) in [6.45, 7) is -9.82. The summed E-state index contributed by atoms with van der Waals surface area (Å²) in [4.78, 5) is 0. The predicted molar refractivity (Wildman–Crippen MR) is 209 cm³/mol. The van der Waals surface area contributed by atoms with Gasteiger partial charge in [0.2, 0.25) is 23.7 Å². The fourth-order valence-electron chi connectivity index (χ4n) is 9.21. The van der Waals surface area contributed by atoms with Crippen LogP contribution in [0.1, 0.15) is 0 Å². The predicted octanol–water partition coefficient (Wildman–Crippen LogP) is -14.8. The molecule has 21 rings (SSSR count). The van der Waals surface area contributed by atoms with E-state index in [9.17, 15) is 102 Å². The van der Waals surface area contributed by atoms with Crippen LogP contribution in [-0.4, -0.2) is 338 Å². The minimum Gasteiger partial charge on any atom is -0.394 e. The highest BCUT2D eigenvalue weighted by Crippen LogP contribution is 2.39. The Labute approximate surface area is 409 Å². The summed E-state index contributed by atoms with van der Waals surface area (Å²) >= 11 is 0. The normalized spacial score (nSPS) is 56.7. The van der Waals surface area contributed by atoms with Crippen LogP contribution in [0, 0.1) is 0 Å². The lowest BCUT2D eigenvalue weighted by atomic mass is 9.95. The Morgan fingerprint density at radius 3 is 1.03 bits per heavy atom. The van der Waals surface area contributed by atoms with Crippen molar-refractivity contribution in [2.24, 2.45) is 0 Å². The standard InChI is InChI=1S/C38H62O35/c39-1-8-23-12(43)16(47)30(62-8)68-24-10(3-41)64-32(18(49)15(24)46)72-37(57)6-60-29(21(52)27(37)54)71-36(56)5-59-28(20(51)26(36)53)66-22-9(2-40)65-33(19(50)14(22)45)73-38(58)7-61-35(70-34(38)55)69-25-11(4-42)63-31(67-23)17(48)13(25)44/h8-35,39-58H,1-7H2/t8-,9-,10-,11-,12+,13+,14+,15+,16-,17-,18-,19-,20-,21-,22-,23-,24-,25-,26+,27+,28-,29-,30-,31+,32-,33-,34+,35-,36+,37?,38+/m0/s1. The Hall–Kier alpha value is -1.40. The van der Waals surface area contributed by atoms with Gasteiger partial charge in [-0.05, 0) is 0 Å². The van der Waals surface area contributed by atoms with E-state index in [1.807, 2.05) is 0 Å². The molecule has 21 aliphatic rings. The zero-order valence-corrected chi connectivity index (χ0v) is 37.7. The number of rotatable bonds is 4. The summed E-state index contributed by atoms with van der Waals surface area (Å²) in [6.07, 6.45) is -57.2. The second-order valence-corrected chi connectivity index (χ2v) is 18.4. The van der Waals surface area contributed by atoms with Crippen molar-refractivity contribution in [2.75, 3.05) is 46.2 Å². The Balaban J connectivity index is 1.04. The molecule has 14 bridgehead atoms. The summed E-state index contributed by atoms with van der Waals surface area (Å²) in [6, 6.07) is 0. The van der Waals surface area contributed by atoms with E-state index in [4.69, 9.17) is 71.1 Å². The zero-order chi connectivity index (χ0) is 53.2. The van der Waals surface area contributed by atoms with Crippen LogP contribution < -0.4 is 0 Å². The summed E-state index contributed by atoms with van der Waals surface area (Å²) < 4.78 is 81.6. The summed E-state index contributed by atoms with van der Waals surface area (Å²) in [5.74, 6) is -9.15. The van der Waals surface area contributed by atoms with Crippen molar-refractivity contribution in [3.63, 3.8) is 0 Å². The van der Waals surface area contributed by atoms with Crippen molar-refractivity contribution in [3.8, 4) is 0 Å². The van der Waals surface area contributed by atoms with E-state index in [0.717, 1.165) is 0 Å². The average molecular weight is 1080 g/mol. The molecule has 21 saturated heterocycles. The Kier molecular flexibility index (Phi) is 18.0. The SMILES string of the molecule is OC[C@@H]1O[C@@H]2O[C@@H]3[C@H](O)[C@H](O)[C@H](O[C@@H]4[C@H](O)[C@H](O)[C@@H](O[C@H]4CO)OC4(O)CO[C@@H](O[C@]5(O)CO[C@@H](O[C@@H]6[C@H](O)[C@H](O)[C@@H](O[C@H]6CO)O[C@]6(O)CO[C@@H](O[C@@H]1[C@H](O)[C@@H]2O)O[C@H]6O)[C@@H](O)[C@H]5O)[C@@H](O)[C@H]4O)O[C@H]3CO. The molecule has 21 heterocycles. The van der Waals surface area contributed by atoms with Gasteiger partial charge >= 0.3 is 0 Å². The van der Waals surface area contributed by atoms with Crippen LogP contribution in [0.5, 0.6) is 0 Å². The topological polar surface area (TPSA) is 543 Å². The maximum absolute atomic E-state index is 11.3. The van der Waals surface area contributed by atoms with Gasteiger partial charge in [0.15, 0.2) is 37.7 Å². The smallest absolute Gasteiger partial charge is 0.274 e. The molecule has 35 nitrogen and oxygen atoms in total. The first-order valence-electron chi connectivity index (χ1n) is 22.7. The second-order valence-electron chi connectivity index (χ2n) is 18.4. The third kappa shape index (κ3) is 11.0. The van der Waals surface area contributed by atoms with Gasteiger partial charge in [0.1, 0.15) is 142 Å². The van der Waals surface area contributed by atoms with Crippen molar-refractivity contribution >= 4 is 0 Å². The van der Waals surface area contributed by atoms with Crippen molar-refractivity contribution in [3.05, 3.63) is 0 Å². The van der Waals surface area contributed by atoms with E-state index in [0.29, 0.717) is 0 Å². The van der Waals surface area contributed by atoms with E-state index >= 15 is 0 Å². The van der Waals surface area contributed by atoms with Gasteiger partial charge in [-0.1, -0.05) is 0 Å². The first-order valence-corrected chi connectivity index (χ1v) is 22.7. The maximum atomic E-state index is 11.3. The number of aliphatic hydroxyl groups is 20. The first kappa shape index (κ1) is 57.8. The monoisotopic (exact) mass is 1080 g/mol. The van der Waals surface area contributed by atoms with Gasteiger partial charge in [0.25, 0.3) is 6.48 Å². The molecule has 73 heavy (non-hydrogen) atoms. The van der Waals surface area contributed by atoms with Crippen LogP contribution in [-0.2, 0) is 71.1 Å². The molecule has 0 aromatic heterocycles. The molecule has 21 fully saturated rings. The van der Waals surface area contributed by atoms with Crippen LogP contribution in [0.15, 0.2) is 0 Å². The lowest BCUT2D eigenvalue weighted by Crippen LogP contribution is -2.70. The van der Waals surface area contributed by atoms with Crippen LogP contribution in [0.25, 0.3) is 0 Å². The van der Waals surface area contributed by atoms with E-state index in [1.165, 1.54) is 0 Å². The van der Waals surface area contributed by atoms with E-state index < -0.39 is 236 Å². The molecule has 35 heteroatoms. The number of hydrogen-bond acceptors (Lipinski definition) is 35. The van der Waals surface area contributed by atoms with E-state index in [-0.39, 0.29) is 0 Å². The molecule has 0 saturated carbocycles. The Morgan fingerprint density at radius 2 is 0.616 bits per heavy atom. The van der Waals surface area contributed by atoms with Gasteiger partial charge < -0.3 is 168 Å². The summed E-state index contributed by atoms with van der Waals surface area (Å²) in [5, 5.41) is 219. The van der Waals surface area contributed by atoms with E-state index in [1.54, 1.807) is 0 Å². The molecule has 0 aromatic rings. The van der Waals surface area contributed by atoms with Crippen LogP contribution in [0.4, 0.5) is 0 Å². The van der Waals surface area contributed by atoms with Gasteiger partial charge in [-0.25, -0.2) is 0 Å². The van der Waals surface area contributed by atoms with Gasteiger partial charge in [0.05, 0.1) is 26.4 Å².